The van der Waals surface area contributed by atoms with Crippen molar-refractivity contribution in [1.29, 1.82) is 0 Å². The molecule has 2 atom stereocenters. The van der Waals surface area contributed by atoms with Gasteiger partial charge >= 0.3 is 0 Å². The van der Waals surface area contributed by atoms with E-state index in [1.807, 2.05) is 27.0 Å². The lowest BCUT2D eigenvalue weighted by Gasteiger charge is -2.35. The summed E-state index contributed by atoms with van der Waals surface area (Å²) in [6.07, 6.45) is 1.79. The Kier molecular flexibility index (Phi) is 3.81. The number of rotatable bonds is 2. The van der Waals surface area contributed by atoms with Crippen molar-refractivity contribution in [2.24, 2.45) is 0 Å². The van der Waals surface area contributed by atoms with E-state index in [4.69, 9.17) is 4.74 Å². The molecule has 0 aliphatic carbocycles. The molecule has 1 aliphatic rings. The van der Waals surface area contributed by atoms with E-state index in [0.29, 0.717) is 18.8 Å². The highest BCUT2D eigenvalue weighted by atomic mass is 16.5. The highest BCUT2D eigenvalue weighted by Crippen LogP contribution is 2.15. The molecule has 0 bridgehead atoms. The predicted molar refractivity (Wildman–Crippen MR) is 69.7 cm³/mol. The molecule has 5 nitrogen and oxygen atoms in total. The Bertz CT molecular complexity index is 426. The van der Waals surface area contributed by atoms with Crippen molar-refractivity contribution in [2.75, 3.05) is 25.5 Å². The van der Waals surface area contributed by atoms with Gasteiger partial charge in [0.2, 0.25) is 0 Å². The number of aromatic nitrogens is 1. The zero-order chi connectivity index (χ0) is 13.1. The van der Waals surface area contributed by atoms with Crippen LogP contribution in [0.3, 0.4) is 0 Å². The van der Waals surface area contributed by atoms with Gasteiger partial charge in [-0.05, 0) is 26.0 Å². The molecule has 0 spiro atoms. The maximum Gasteiger partial charge on any atom is 0.272 e. The van der Waals surface area contributed by atoms with Crippen LogP contribution >= 0.6 is 0 Å². The Balaban J connectivity index is 2.14. The van der Waals surface area contributed by atoms with Gasteiger partial charge in [0.25, 0.3) is 5.91 Å². The molecule has 1 amide bonds. The molecule has 1 N–H and O–H groups in total. The number of amides is 1. The number of hydrogen-bond acceptors (Lipinski definition) is 4. The number of pyridine rings is 1. The third-order valence-corrected chi connectivity index (χ3v) is 2.97. The molecule has 5 heteroatoms. The number of ether oxygens (including phenoxy) is 1. The molecule has 0 radical (unpaired) electrons. The molecule has 1 aromatic rings. The van der Waals surface area contributed by atoms with Gasteiger partial charge in [-0.25, -0.2) is 0 Å². The minimum atomic E-state index is -0.0332. The topological polar surface area (TPSA) is 54.5 Å². The Labute approximate surface area is 107 Å². The molecule has 2 rings (SSSR count). The van der Waals surface area contributed by atoms with Crippen molar-refractivity contribution in [3.8, 4) is 0 Å². The molecule has 1 fully saturated rings. The number of hydrogen-bond donors (Lipinski definition) is 1. The van der Waals surface area contributed by atoms with Crippen molar-refractivity contribution in [3.63, 3.8) is 0 Å². The van der Waals surface area contributed by atoms with Crippen molar-refractivity contribution in [1.82, 2.24) is 9.88 Å². The van der Waals surface area contributed by atoms with E-state index < -0.39 is 0 Å². The van der Waals surface area contributed by atoms with Gasteiger partial charge in [0, 0.05) is 32.0 Å². The quantitative estimate of drug-likeness (QED) is 0.860. The van der Waals surface area contributed by atoms with E-state index in [-0.39, 0.29) is 18.1 Å². The summed E-state index contributed by atoms with van der Waals surface area (Å²) in [5.74, 6) is -0.0332. The molecule has 0 saturated carbocycles. The molecule has 1 aromatic heterocycles. The second-order valence-corrected chi connectivity index (χ2v) is 4.65. The highest BCUT2D eigenvalue weighted by Gasteiger charge is 2.27. The smallest absolute Gasteiger partial charge is 0.272 e. The predicted octanol–water partition coefficient (Wildman–Crippen LogP) is 1.37. The van der Waals surface area contributed by atoms with Crippen LogP contribution in [0.15, 0.2) is 18.3 Å². The number of carbonyl (C=O) groups excluding carboxylic acids is 1. The number of morpholine rings is 1. The largest absolute Gasteiger partial charge is 0.388 e. The molecule has 1 aliphatic heterocycles. The first-order valence-corrected chi connectivity index (χ1v) is 6.18. The summed E-state index contributed by atoms with van der Waals surface area (Å²) in [6.45, 7) is 5.20. The highest BCUT2D eigenvalue weighted by molar-refractivity contribution is 5.93. The fourth-order valence-corrected chi connectivity index (χ4v) is 2.21. The normalized spacial score (nSPS) is 23.8. The first-order chi connectivity index (χ1) is 8.60. The monoisotopic (exact) mass is 249 g/mol. The minimum Gasteiger partial charge on any atom is -0.388 e. The second kappa shape index (κ2) is 5.35. The van der Waals surface area contributed by atoms with Gasteiger partial charge < -0.3 is 15.0 Å². The average molecular weight is 249 g/mol. The SMILES string of the molecule is CNc1ccnc(C(=O)N2C[C@@H](C)O[C@@H](C)C2)c1. The molecule has 0 aromatic carbocycles. The van der Waals surface area contributed by atoms with Crippen molar-refractivity contribution < 1.29 is 9.53 Å². The van der Waals surface area contributed by atoms with Gasteiger partial charge in [-0.15, -0.1) is 0 Å². The Morgan fingerprint density at radius 1 is 1.44 bits per heavy atom. The van der Waals surface area contributed by atoms with Gasteiger partial charge in [0.05, 0.1) is 12.2 Å². The molecular weight excluding hydrogens is 230 g/mol. The molecular formula is C13H19N3O2. The van der Waals surface area contributed by atoms with Crippen LogP contribution in [0.5, 0.6) is 0 Å². The molecule has 1 saturated heterocycles. The summed E-state index contributed by atoms with van der Waals surface area (Å²) in [7, 11) is 1.82. The summed E-state index contributed by atoms with van der Waals surface area (Å²) < 4.78 is 5.62. The number of nitrogens with zero attached hydrogens (tertiary/aromatic N) is 2. The first kappa shape index (κ1) is 12.8. The summed E-state index contributed by atoms with van der Waals surface area (Å²) in [6, 6.07) is 3.61. The zero-order valence-electron chi connectivity index (χ0n) is 11.0. The van der Waals surface area contributed by atoms with Gasteiger partial charge in [-0.1, -0.05) is 0 Å². The lowest BCUT2D eigenvalue weighted by Crippen LogP contribution is -2.48. The van der Waals surface area contributed by atoms with E-state index in [1.54, 1.807) is 17.2 Å². The number of carbonyl (C=O) groups is 1. The Morgan fingerprint density at radius 2 is 2.11 bits per heavy atom. The first-order valence-electron chi connectivity index (χ1n) is 6.18. The Morgan fingerprint density at radius 3 is 2.72 bits per heavy atom. The van der Waals surface area contributed by atoms with Gasteiger partial charge in [-0.3, -0.25) is 9.78 Å². The maximum atomic E-state index is 12.3. The fourth-order valence-electron chi connectivity index (χ4n) is 2.21. The average Bonchev–Trinajstić information content (AvgIpc) is 2.37. The van der Waals surface area contributed by atoms with E-state index in [2.05, 4.69) is 10.3 Å². The van der Waals surface area contributed by atoms with Crippen LogP contribution in [0.1, 0.15) is 24.3 Å². The van der Waals surface area contributed by atoms with Crippen molar-refractivity contribution in [3.05, 3.63) is 24.0 Å². The van der Waals surface area contributed by atoms with Crippen LogP contribution in [0, 0.1) is 0 Å². The maximum absolute atomic E-state index is 12.3. The third kappa shape index (κ3) is 2.79. The number of nitrogens with one attached hydrogen (secondary N) is 1. The van der Waals surface area contributed by atoms with E-state index in [1.165, 1.54) is 0 Å². The summed E-state index contributed by atoms with van der Waals surface area (Å²) in [5, 5.41) is 3.01. The second-order valence-electron chi connectivity index (χ2n) is 4.65. The molecule has 2 heterocycles. The van der Waals surface area contributed by atoms with Crippen molar-refractivity contribution in [2.45, 2.75) is 26.1 Å². The van der Waals surface area contributed by atoms with Gasteiger partial charge in [0.1, 0.15) is 5.69 Å². The van der Waals surface area contributed by atoms with E-state index >= 15 is 0 Å². The van der Waals surface area contributed by atoms with Crippen LogP contribution in [0.25, 0.3) is 0 Å². The summed E-state index contributed by atoms with van der Waals surface area (Å²) in [4.78, 5) is 18.3. The molecule has 18 heavy (non-hydrogen) atoms. The molecule has 98 valence electrons. The number of anilines is 1. The van der Waals surface area contributed by atoms with Gasteiger partial charge in [0.15, 0.2) is 0 Å². The van der Waals surface area contributed by atoms with E-state index in [9.17, 15) is 4.79 Å². The van der Waals surface area contributed by atoms with Crippen LogP contribution in [-0.2, 0) is 4.74 Å². The van der Waals surface area contributed by atoms with Crippen LogP contribution < -0.4 is 5.32 Å². The van der Waals surface area contributed by atoms with Gasteiger partial charge in [-0.2, -0.15) is 0 Å². The standard InChI is InChI=1S/C13H19N3O2/c1-9-7-16(8-10(2)18-9)13(17)12-6-11(14-3)4-5-15-12/h4-6,9-10H,7-8H2,1-3H3,(H,14,15)/t9-,10+. The van der Waals surface area contributed by atoms with Crippen LogP contribution in [0.2, 0.25) is 0 Å². The zero-order valence-corrected chi connectivity index (χ0v) is 11.0. The lowest BCUT2D eigenvalue weighted by atomic mass is 10.2. The summed E-state index contributed by atoms with van der Waals surface area (Å²) >= 11 is 0. The van der Waals surface area contributed by atoms with E-state index in [0.717, 1.165) is 5.69 Å². The third-order valence-electron chi connectivity index (χ3n) is 2.97. The van der Waals surface area contributed by atoms with Crippen LogP contribution in [-0.4, -0.2) is 48.1 Å². The van der Waals surface area contributed by atoms with Crippen molar-refractivity contribution >= 4 is 11.6 Å². The minimum absolute atomic E-state index is 0.0332. The lowest BCUT2D eigenvalue weighted by molar-refractivity contribution is -0.0587. The summed E-state index contributed by atoms with van der Waals surface area (Å²) in [5.41, 5.74) is 1.37. The van der Waals surface area contributed by atoms with Crippen LogP contribution in [0.4, 0.5) is 5.69 Å². The fraction of sp³-hybridized carbons (Fsp3) is 0.538. The Hall–Kier alpha value is -1.62. The molecule has 0 unspecified atom stereocenters.